The molecule has 18 heavy (non-hydrogen) atoms. The van der Waals surface area contributed by atoms with E-state index in [0.29, 0.717) is 0 Å². The van der Waals surface area contributed by atoms with Crippen molar-refractivity contribution < 1.29 is 0 Å². The lowest BCUT2D eigenvalue weighted by atomic mass is 9.98. The first-order valence-corrected chi connectivity index (χ1v) is 6.44. The number of hydrogen-bond donors (Lipinski definition) is 1. The van der Waals surface area contributed by atoms with Gasteiger partial charge >= 0.3 is 0 Å². The van der Waals surface area contributed by atoms with E-state index in [0.717, 1.165) is 18.8 Å². The Morgan fingerprint density at radius 2 is 2.06 bits per heavy atom. The molecule has 96 valence electrons. The summed E-state index contributed by atoms with van der Waals surface area (Å²) in [7, 11) is 1.96. The molecule has 0 amide bonds. The van der Waals surface area contributed by atoms with Crippen molar-refractivity contribution in [1.82, 2.24) is 20.1 Å². The van der Waals surface area contributed by atoms with E-state index < -0.39 is 0 Å². The predicted octanol–water partition coefficient (Wildman–Crippen LogP) is 2.17. The Morgan fingerprint density at radius 1 is 1.28 bits per heavy atom. The largest absolute Gasteiger partial charge is 0.307 e. The summed E-state index contributed by atoms with van der Waals surface area (Å²) >= 11 is 0. The highest BCUT2D eigenvalue weighted by Crippen LogP contribution is 2.23. The zero-order valence-corrected chi connectivity index (χ0v) is 11.2. The highest BCUT2D eigenvalue weighted by molar-refractivity contribution is 5.33. The zero-order valence-electron chi connectivity index (χ0n) is 11.2. The lowest BCUT2D eigenvalue weighted by Crippen LogP contribution is -2.23. The summed E-state index contributed by atoms with van der Waals surface area (Å²) in [5, 5.41) is 7.60. The van der Waals surface area contributed by atoms with E-state index in [1.807, 2.05) is 11.7 Å². The molecule has 0 aliphatic rings. The molecule has 2 aromatic rings. The molecule has 2 rings (SSSR count). The number of nitrogens with one attached hydrogen (secondary N) is 1. The van der Waals surface area contributed by atoms with Crippen LogP contribution in [0.25, 0.3) is 0 Å². The van der Waals surface area contributed by atoms with Gasteiger partial charge in [-0.2, -0.15) is 5.10 Å². The lowest BCUT2D eigenvalue weighted by Gasteiger charge is -2.19. The Kier molecular flexibility index (Phi) is 4.10. The summed E-state index contributed by atoms with van der Waals surface area (Å²) in [4.78, 5) is 4.40. The monoisotopic (exact) mass is 244 g/mol. The van der Waals surface area contributed by atoms with Crippen LogP contribution < -0.4 is 5.32 Å². The highest BCUT2D eigenvalue weighted by atomic mass is 15.3. The summed E-state index contributed by atoms with van der Waals surface area (Å²) < 4.78 is 1.94. The van der Waals surface area contributed by atoms with Gasteiger partial charge in [0.15, 0.2) is 0 Å². The molecule has 1 aromatic heterocycles. The number of benzene rings is 1. The minimum absolute atomic E-state index is 0.101. The van der Waals surface area contributed by atoms with Gasteiger partial charge in [0.2, 0.25) is 0 Å². The van der Waals surface area contributed by atoms with Crippen LogP contribution in [0.5, 0.6) is 0 Å². The van der Waals surface area contributed by atoms with E-state index >= 15 is 0 Å². The molecule has 1 heterocycles. The Labute approximate surface area is 108 Å². The van der Waals surface area contributed by atoms with Crippen LogP contribution >= 0.6 is 0 Å². The topological polar surface area (TPSA) is 42.7 Å². The SMILES string of the molecule is CCc1ccccc1C(NC)c1ncnn1CC. The Hall–Kier alpha value is -1.68. The third kappa shape index (κ3) is 2.29. The van der Waals surface area contributed by atoms with Gasteiger partial charge in [-0.3, -0.25) is 0 Å². The van der Waals surface area contributed by atoms with E-state index in [9.17, 15) is 0 Å². The second-order valence-electron chi connectivity index (χ2n) is 4.21. The molecule has 0 radical (unpaired) electrons. The smallest absolute Gasteiger partial charge is 0.148 e. The number of aromatic nitrogens is 3. The zero-order chi connectivity index (χ0) is 13.0. The van der Waals surface area contributed by atoms with Crippen LogP contribution in [0.4, 0.5) is 0 Å². The average molecular weight is 244 g/mol. The normalized spacial score (nSPS) is 12.6. The maximum Gasteiger partial charge on any atom is 0.148 e. The maximum atomic E-state index is 4.40. The Bertz CT molecular complexity index is 504. The average Bonchev–Trinajstić information content (AvgIpc) is 2.88. The molecule has 1 unspecified atom stereocenters. The van der Waals surface area contributed by atoms with Crippen molar-refractivity contribution in [2.75, 3.05) is 7.05 Å². The fraction of sp³-hybridized carbons (Fsp3) is 0.429. The number of rotatable bonds is 5. The van der Waals surface area contributed by atoms with Crippen molar-refractivity contribution in [3.05, 3.63) is 47.5 Å². The van der Waals surface area contributed by atoms with E-state index in [1.165, 1.54) is 11.1 Å². The second-order valence-corrected chi connectivity index (χ2v) is 4.21. The summed E-state index contributed by atoms with van der Waals surface area (Å²) in [6.45, 7) is 5.09. The van der Waals surface area contributed by atoms with E-state index in [-0.39, 0.29) is 6.04 Å². The molecule has 1 atom stereocenters. The fourth-order valence-corrected chi connectivity index (χ4v) is 2.30. The quantitative estimate of drug-likeness (QED) is 0.876. The first-order valence-electron chi connectivity index (χ1n) is 6.44. The van der Waals surface area contributed by atoms with Crippen LogP contribution in [0, 0.1) is 0 Å². The molecule has 0 aliphatic heterocycles. The van der Waals surface area contributed by atoms with Crippen molar-refractivity contribution in [2.45, 2.75) is 32.9 Å². The van der Waals surface area contributed by atoms with Crippen LogP contribution in [0.15, 0.2) is 30.6 Å². The number of aryl methyl sites for hydroxylation is 2. The van der Waals surface area contributed by atoms with Crippen LogP contribution in [0.3, 0.4) is 0 Å². The van der Waals surface area contributed by atoms with Gasteiger partial charge in [0.25, 0.3) is 0 Å². The van der Waals surface area contributed by atoms with E-state index in [1.54, 1.807) is 6.33 Å². The molecule has 1 aromatic carbocycles. The lowest BCUT2D eigenvalue weighted by molar-refractivity contribution is 0.549. The fourth-order valence-electron chi connectivity index (χ4n) is 2.30. The summed E-state index contributed by atoms with van der Waals surface area (Å²) in [6.07, 6.45) is 2.65. The molecule has 0 saturated heterocycles. The molecule has 0 bridgehead atoms. The molecule has 4 heteroatoms. The number of nitrogens with zero attached hydrogens (tertiary/aromatic N) is 3. The molecule has 0 saturated carbocycles. The predicted molar refractivity (Wildman–Crippen MR) is 72.4 cm³/mol. The van der Waals surface area contributed by atoms with Crippen LogP contribution in [0.1, 0.15) is 36.8 Å². The van der Waals surface area contributed by atoms with Crippen molar-refractivity contribution in [1.29, 1.82) is 0 Å². The first-order chi connectivity index (χ1) is 8.81. The molecule has 0 aliphatic carbocycles. The second kappa shape index (κ2) is 5.78. The number of hydrogen-bond acceptors (Lipinski definition) is 3. The highest BCUT2D eigenvalue weighted by Gasteiger charge is 2.19. The molecule has 4 nitrogen and oxygen atoms in total. The summed E-state index contributed by atoms with van der Waals surface area (Å²) in [5.41, 5.74) is 2.63. The van der Waals surface area contributed by atoms with Crippen LogP contribution in [0.2, 0.25) is 0 Å². The first kappa shape index (κ1) is 12.8. The van der Waals surface area contributed by atoms with Gasteiger partial charge in [0.1, 0.15) is 12.2 Å². The Morgan fingerprint density at radius 3 is 2.72 bits per heavy atom. The maximum absolute atomic E-state index is 4.40. The molecular weight excluding hydrogens is 224 g/mol. The standard InChI is InChI=1S/C14H20N4/c1-4-11-8-6-7-9-12(11)13(15-3)14-16-10-17-18(14)5-2/h6-10,13,15H,4-5H2,1-3H3. The minimum Gasteiger partial charge on any atom is -0.307 e. The molecule has 0 spiro atoms. The van der Waals surface area contributed by atoms with Gasteiger partial charge in [-0.1, -0.05) is 31.2 Å². The molecular formula is C14H20N4. The molecule has 0 fully saturated rings. The van der Waals surface area contributed by atoms with Gasteiger partial charge in [-0.25, -0.2) is 9.67 Å². The van der Waals surface area contributed by atoms with Crippen molar-refractivity contribution in [3.63, 3.8) is 0 Å². The van der Waals surface area contributed by atoms with E-state index in [2.05, 4.69) is 53.5 Å². The van der Waals surface area contributed by atoms with Crippen molar-refractivity contribution >= 4 is 0 Å². The minimum atomic E-state index is 0.101. The van der Waals surface area contributed by atoms with Gasteiger partial charge in [-0.05, 0) is 31.5 Å². The van der Waals surface area contributed by atoms with Crippen LogP contribution in [-0.4, -0.2) is 21.8 Å². The van der Waals surface area contributed by atoms with Crippen molar-refractivity contribution in [3.8, 4) is 0 Å². The van der Waals surface area contributed by atoms with Crippen LogP contribution in [-0.2, 0) is 13.0 Å². The Balaban J connectivity index is 2.45. The summed E-state index contributed by atoms with van der Waals surface area (Å²) in [6, 6.07) is 8.59. The summed E-state index contributed by atoms with van der Waals surface area (Å²) in [5.74, 6) is 0.973. The van der Waals surface area contributed by atoms with Gasteiger partial charge in [-0.15, -0.1) is 0 Å². The van der Waals surface area contributed by atoms with Gasteiger partial charge in [0, 0.05) is 6.54 Å². The molecule has 1 N–H and O–H groups in total. The van der Waals surface area contributed by atoms with Gasteiger partial charge in [0.05, 0.1) is 6.04 Å². The van der Waals surface area contributed by atoms with Crippen molar-refractivity contribution in [2.24, 2.45) is 0 Å². The third-order valence-electron chi connectivity index (χ3n) is 3.24. The van der Waals surface area contributed by atoms with E-state index in [4.69, 9.17) is 0 Å². The third-order valence-corrected chi connectivity index (χ3v) is 3.24. The van der Waals surface area contributed by atoms with Gasteiger partial charge < -0.3 is 5.32 Å².